The minimum absolute atomic E-state index is 0.0935. The number of thiazole rings is 1. The molecular formula is C19H20N4O3S. The molecule has 1 aromatic heterocycles. The number of carbonyl (C=O) groups excluding carboxylic acids is 2. The zero-order valence-corrected chi connectivity index (χ0v) is 16.2. The lowest BCUT2D eigenvalue weighted by Gasteiger charge is -2.14. The van der Waals surface area contributed by atoms with E-state index in [1.165, 1.54) is 29.2 Å². The van der Waals surface area contributed by atoms with E-state index in [0.717, 1.165) is 0 Å². The van der Waals surface area contributed by atoms with Crippen molar-refractivity contribution in [1.29, 1.82) is 5.26 Å². The highest BCUT2D eigenvalue weighted by Gasteiger charge is 2.15. The summed E-state index contributed by atoms with van der Waals surface area (Å²) >= 11 is 1.28. The average molecular weight is 384 g/mol. The third-order valence-electron chi connectivity index (χ3n) is 3.53. The largest absolute Gasteiger partial charge is 0.492 e. The molecule has 140 valence electrons. The van der Waals surface area contributed by atoms with Gasteiger partial charge in [-0.3, -0.25) is 14.5 Å². The van der Waals surface area contributed by atoms with E-state index in [9.17, 15) is 14.9 Å². The van der Waals surface area contributed by atoms with Crippen LogP contribution in [0, 0.1) is 11.3 Å². The highest BCUT2D eigenvalue weighted by atomic mass is 32.1. The van der Waals surface area contributed by atoms with Gasteiger partial charge in [0.25, 0.3) is 5.91 Å². The molecule has 0 bridgehead atoms. The molecule has 0 spiro atoms. The van der Waals surface area contributed by atoms with Gasteiger partial charge in [0.15, 0.2) is 5.13 Å². The molecule has 2 rings (SSSR count). The number of aromatic nitrogens is 1. The number of ether oxygens (including phenoxy) is 1. The van der Waals surface area contributed by atoms with Crippen LogP contribution in [-0.2, 0) is 9.59 Å². The normalized spacial score (nSPS) is 10.8. The predicted molar refractivity (Wildman–Crippen MR) is 106 cm³/mol. The number of carbonyl (C=O) groups is 2. The lowest BCUT2D eigenvalue weighted by atomic mass is 10.2. The molecule has 0 aliphatic heterocycles. The van der Waals surface area contributed by atoms with Crippen molar-refractivity contribution in [2.24, 2.45) is 0 Å². The molecule has 27 heavy (non-hydrogen) atoms. The monoisotopic (exact) mass is 384 g/mol. The molecule has 0 aliphatic rings. The summed E-state index contributed by atoms with van der Waals surface area (Å²) in [7, 11) is 0. The summed E-state index contributed by atoms with van der Waals surface area (Å²) in [5.74, 6) is -0.145. The Kier molecular flexibility index (Phi) is 7.08. The Morgan fingerprint density at radius 3 is 2.74 bits per heavy atom. The van der Waals surface area contributed by atoms with E-state index < -0.39 is 5.91 Å². The fraction of sp³-hybridized carbons (Fsp3) is 0.263. The van der Waals surface area contributed by atoms with Crippen molar-refractivity contribution >= 4 is 40.0 Å². The highest BCUT2D eigenvalue weighted by molar-refractivity contribution is 7.14. The van der Waals surface area contributed by atoms with Crippen molar-refractivity contribution in [3.05, 3.63) is 40.9 Å². The Hall–Kier alpha value is -3.18. The highest BCUT2D eigenvalue weighted by Crippen LogP contribution is 2.25. The van der Waals surface area contributed by atoms with Gasteiger partial charge in [0.2, 0.25) is 5.91 Å². The Bertz CT molecular complexity index is 898. The zero-order chi connectivity index (χ0) is 19.8. The number of benzene rings is 1. The predicted octanol–water partition coefficient (Wildman–Crippen LogP) is 3.46. The molecule has 0 saturated carbocycles. The first-order valence-electron chi connectivity index (χ1n) is 8.38. The minimum atomic E-state index is -0.557. The second-order valence-corrected chi connectivity index (χ2v) is 6.21. The maximum Gasteiger partial charge on any atom is 0.266 e. The topological polar surface area (TPSA) is 95.3 Å². The Labute approximate surface area is 161 Å². The molecule has 0 radical (unpaired) electrons. The zero-order valence-electron chi connectivity index (χ0n) is 15.4. The Morgan fingerprint density at radius 2 is 2.11 bits per heavy atom. The summed E-state index contributed by atoms with van der Waals surface area (Å²) in [4.78, 5) is 29.9. The third kappa shape index (κ3) is 5.15. The van der Waals surface area contributed by atoms with Crippen LogP contribution in [-0.4, -0.2) is 29.9 Å². The van der Waals surface area contributed by atoms with Gasteiger partial charge in [0, 0.05) is 18.8 Å². The van der Waals surface area contributed by atoms with Gasteiger partial charge in [-0.05, 0) is 32.1 Å². The summed E-state index contributed by atoms with van der Waals surface area (Å²) in [6.07, 6.45) is 1.40. The van der Waals surface area contributed by atoms with E-state index in [4.69, 9.17) is 4.74 Å². The van der Waals surface area contributed by atoms with Gasteiger partial charge in [0.05, 0.1) is 18.0 Å². The van der Waals surface area contributed by atoms with E-state index >= 15 is 0 Å². The number of nitrogens with zero attached hydrogens (tertiary/aromatic N) is 3. The summed E-state index contributed by atoms with van der Waals surface area (Å²) in [5, 5.41) is 14.3. The second kappa shape index (κ2) is 9.50. The first kappa shape index (κ1) is 20.1. The lowest BCUT2D eigenvalue weighted by molar-refractivity contribution is -0.116. The number of hydrogen-bond donors (Lipinski definition) is 1. The van der Waals surface area contributed by atoms with Crippen LogP contribution in [0.5, 0.6) is 5.75 Å². The van der Waals surface area contributed by atoms with E-state index in [2.05, 4.69) is 10.3 Å². The van der Waals surface area contributed by atoms with Crippen LogP contribution in [0.15, 0.2) is 35.2 Å². The minimum Gasteiger partial charge on any atom is -0.492 e. The van der Waals surface area contributed by atoms with Gasteiger partial charge < -0.3 is 10.1 Å². The lowest BCUT2D eigenvalue weighted by Crippen LogP contribution is -2.27. The van der Waals surface area contributed by atoms with Gasteiger partial charge in [-0.2, -0.15) is 5.26 Å². The molecule has 2 amide bonds. The van der Waals surface area contributed by atoms with E-state index in [0.29, 0.717) is 35.4 Å². The standard InChI is InChI=1S/C19H20N4O3S/c1-4-23(13(3)24)19-21-15(12-27-19)10-14(11-20)18(25)22-16-8-6-7-9-17(16)26-5-2/h6-10,12H,4-5H2,1-3H3,(H,22,25). The van der Waals surface area contributed by atoms with Gasteiger partial charge in [-0.1, -0.05) is 12.1 Å². The summed E-state index contributed by atoms with van der Waals surface area (Å²) < 4.78 is 5.47. The van der Waals surface area contributed by atoms with Crippen LogP contribution in [0.1, 0.15) is 26.5 Å². The number of para-hydroxylation sites is 2. The molecule has 1 heterocycles. The first-order valence-corrected chi connectivity index (χ1v) is 9.26. The fourth-order valence-electron chi connectivity index (χ4n) is 2.30. The van der Waals surface area contributed by atoms with E-state index in [1.807, 2.05) is 19.9 Å². The number of hydrogen-bond acceptors (Lipinski definition) is 6. The summed E-state index contributed by atoms with van der Waals surface area (Å²) in [6.45, 7) is 6.11. The maximum absolute atomic E-state index is 12.5. The number of nitriles is 1. The van der Waals surface area contributed by atoms with E-state index in [-0.39, 0.29) is 11.5 Å². The average Bonchev–Trinajstić information content (AvgIpc) is 3.10. The maximum atomic E-state index is 12.5. The Morgan fingerprint density at radius 1 is 1.37 bits per heavy atom. The first-order chi connectivity index (χ1) is 13.0. The molecular weight excluding hydrogens is 364 g/mol. The Balaban J connectivity index is 2.22. The van der Waals surface area contributed by atoms with Crippen molar-refractivity contribution in [2.75, 3.05) is 23.4 Å². The van der Waals surface area contributed by atoms with Crippen LogP contribution in [0.25, 0.3) is 6.08 Å². The van der Waals surface area contributed by atoms with Crippen molar-refractivity contribution in [1.82, 2.24) is 4.98 Å². The molecule has 7 nitrogen and oxygen atoms in total. The summed E-state index contributed by atoms with van der Waals surface area (Å²) in [5.41, 5.74) is 0.835. The SMILES string of the molecule is CCOc1ccccc1NC(=O)C(C#N)=Cc1csc(N(CC)C(C)=O)n1. The number of amides is 2. The molecule has 1 N–H and O–H groups in total. The number of nitrogens with one attached hydrogen (secondary N) is 1. The molecule has 2 aromatic rings. The molecule has 0 atom stereocenters. The van der Waals surface area contributed by atoms with Crippen LogP contribution in [0.4, 0.5) is 10.8 Å². The quantitative estimate of drug-likeness (QED) is 0.583. The molecule has 0 fully saturated rings. The van der Waals surface area contributed by atoms with Gasteiger partial charge >= 0.3 is 0 Å². The van der Waals surface area contributed by atoms with Crippen LogP contribution in [0.2, 0.25) is 0 Å². The van der Waals surface area contributed by atoms with Gasteiger partial charge in [-0.15, -0.1) is 11.3 Å². The molecule has 0 aliphatic carbocycles. The van der Waals surface area contributed by atoms with Gasteiger partial charge in [0.1, 0.15) is 17.4 Å². The van der Waals surface area contributed by atoms with Gasteiger partial charge in [-0.25, -0.2) is 4.98 Å². The molecule has 1 aromatic carbocycles. The summed E-state index contributed by atoms with van der Waals surface area (Å²) in [6, 6.07) is 8.89. The fourth-order valence-corrected chi connectivity index (χ4v) is 3.19. The van der Waals surface area contributed by atoms with Crippen LogP contribution >= 0.6 is 11.3 Å². The van der Waals surface area contributed by atoms with Crippen molar-refractivity contribution < 1.29 is 14.3 Å². The van der Waals surface area contributed by atoms with Crippen molar-refractivity contribution in [3.63, 3.8) is 0 Å². The smallest absolute Gasteiger partial charge is 0.266 e. The molecule has 8 heteroatoms. The second-order valence-electron chi connectivity index (χ2n) is 5.37. The van der Waals surface area contributed by atoms with Crippen molar-refractivity contribution in [2.45, 2.75) is 20.8 Å². The third-order valence-corrected chi connectivity index (χ3v) is 4.41. The molecule has 0 unspecified atom stereocenters. The number of rotatable bonds is 7. The van der Waals surface area contributed by atoms with Crippen LogP contribution < -0.4 is 15.0 Å². The van der Waals surface area contributed by atoms with E-state index in [1.54, 1.807) is 29.6 Å². The number of anilines is 2. The van der Waals surface area contributed by atoms with Crippen LogP contribution in [0.3, 0.4) is 0 Å². The van der Waals surface area contributed by atoms with Crippen molar-refractivity contribution in [3.8, 4) is 11.8 Å². The molecule has 0 saturated heterocycles.